The zero-order valence-electron chi connectivity index (χ0n) is 16.5. The van der Waals surface area contributed by atoms with Gasteiger partial charge in [0.25, 0.3) is 0 Å². The molecule has 1 amide bonds. The van der Waals surface area contributed by atoms with Crippen LogP contribution in [0, 0.1) is 0 Å². The Labute approximate surface area is 181 Å². The molecular formula is C22H24Cl2N2O3. The van der Waals surface area contributed by atoms with E-state index in [1.54, 1.807) is 31.4 Å². The van der Waals surface area contributed by atoms with Crippen LogP contribution in [0.4, 0.5) is 5.69 Å². The van der Waals surface area contributed by atoms with E-state index in [2.05, 4.69) is 4.90 Å². The minimum absolute atomic E-state index is 0.0345. The van der Waals surface area contributed by atoms with Crippen LogP contribution >= 0.6 is 23.2 Å². The Bertz CT molecular complexity index is 894. The van der Waals surface area contributed by atoms with E-state index in [4.69, 9.17) is 32.7 Å². The lowest BCUT2D eigenvalue weighted by Gasteiger charge is -2.36. The lowest BCUT2D eigenvalue weighted by Crippen LogP contribution is -2.48. The first-order chi connectivity index (χ1) is 14.0. The van der Waals surface area contributed by atoms with Crippen molar-refractivity contribution in [1.29, 1.82) is 0 Å². The van der Waals surface area contributed by atoms with E-state index >= 15 is 0 Å². The molecular weight excluding hydrogens is 411 g/mol. The highest BCUT2D eigenvalue weighted by atomic mass is 35.5. The van der Waals surface area contributed by atoms with Gasteiger partial charge in [0.2, 0.25) is 5.91 Å². The standard InChI is InChI=1S/C22H24Cl2N2O3/c1-3-29-22-18(24)14-16(15-20(22)28-2)8-9-21(27)26-12-10-25(11-13-26)19-7-5-4-6-17(19)23/h4-9,14-15H,3,10-13H2,1-2H3/b9-8+. The summed E-state index contributed by atoms with van der Waals surface area (Å²) in [5.41, 5.74) is 1.78. The number of ether oxygens (including phenoxy) is 2. The minimum Gasteiger partial charge on any atom is -0.493 e. The third-order valence-corrected chi connectivity index (χ3v) is 5.34. The van der Waals surface area contributed by atoms with Crippen LogP contribution in [0.15, 0.2) is 42.5 Å². The molecule has 3 rings (SSSR count). The monoisotopic (exact) mass is 434 g/mol. The fourth-order valence-corrected chi connectivity index (χ4v) is 3.80. The zero-order valence-corrected chi connectivity index (χ0v) is 18.0. The molecule has 0 bridgehead atoms. The third-order valence-electron chi connectivity index (χ3n) is 4.74. The van der Waals surface area contributed by atoms with Crippen LogP contribution in [-0.2, 0) is 4.79 Å². The molecule has 0 N–H and O–H groups in total. The average Bonchev–Trinajstić information content (AvgIpc) is 2.74. The first kappa shape index (κ1) is 21.3. The number of piperazine rings is 1. The molecule has 1 fully saturated rings. The smallest absolute Gasteiger partial charge is 0.246 e. The van der Waals surface area contributed by atoms with Gasteiger partial charge in [-0.3, -0.25) is 4.79 Å². The topological polar surface area (TPSA) is 42.0 Å². The summed E-state index contributed by atoms with van der Waals surface area (Å²) >= 11 is 12.6. The lowest BCUT2D eigenvalue weighted by molar-refractivity contribution is -0.126. The van der Waals surface area contributed by atoms with Crippen molar-refractivity contribution in [3.8, 4) is 11.5 Å². The highest BCUT2D eigenvalue weighted by Crippen LogP contribution is 2.36. The summed E-state index contributed by atoms with van der Waals surface area (Å²) in [6.07, 6.45) is 3.31. The fourth-order valence-electron chi connectivity index (χ4n) is 3.27. The number of benzene rings is 2. The van der Waals surface area contributed by atoms with Gasteiger partial charge in [-0.2, -0.15) is 0 Å². The Balaban J connectivity index is 1.63. The van der Waals surface area contributed by atoms with Crippen molar-refractivity contribution < 1.29 is 14.3 Å². The summed E-state index contributed by atoms with van der Waals surface area (Å²) in [7, 11) is 1.56. The van der Waals surface area contributed by atoms with E-state index in [1.807, 2.05) is 36.1 Å². The second kappa shape index (κ2) is 9.90. The van der Waals surface area contributed by atoms with Gasteiger partial charge in [-0.1, -0.05) is 35.3 Å². The first-order valence-corrected chi connectivity index (χ1v) is 10.3. The molecule has 1 aliphatic heterocycles. The van der Waals surface area contributed by atoms with Gasteiger partial charge in [-0.05, 0) is 42.8 Å². The average molecular weight is 435 g/mol. The molecule has 5 nitrogen and oxygen atoms in total. The van der Waals surface area contributed by atoms with Crippen molar-refractivity contribution in [2.24, 2.45) is 0 Å². The summed E-state index contributed by atoms with van der Waals surface area (Å²) in [4.78, 5) is 16.6. The number of anilines is 1. The summed E-state index contributed by atoms with van der Waals surface area (Å²) < 4.78 is 10.9. The van der Waals surface area contributed by atoms with Crippen LogP contribution in [0.1, 0.15) is 12.5 Å². The van der Waals surface area contributed by atoms with Gasteiger partial charge in [0.15, 0.2) is 11.5 Å². The van der Waals surface area contributed by atoms with Crippen LogP contribution in [0.3, 0.4) is 0 Å². The normalized spacial score (nSPS) is 14.3. The van der Waals surface area contributed by atoms with Gasteiger partial charge < -0.3 is 19.3 Å². The largest absolute Gasteiger partial charge is 0.493 e. The van der Waals surface area contributed by atoms with E-state index in [1.165, 1.54) is 0 Å². The minimum atomic E-state index is -0.0345. The van der Waals surface area contributed by atoms with Gasteiger partial charge in [0.05, 0.1) is 29.4 Å². The Hall–Kier alpha value is -2.37. The number of para-hydroxylation sites is 1. The van der Waals surface area contributed by atoms with Gasteiger partial charge in [0.1, 0.15) is 0 Å². The number of nitrogens with zero attached hydrogens (tertiary/aromatic N) is 2. The van der Waals surface area contributed by atoms with Crippen LogP contribution in [0.5, 0.6) is 11.5 Å². The maximum atomic E-state index is 12.6. The Morgan fingerprint density at radius 3 is 2.48 bits per heavy atom. The predicted molar refractivity (Wildman–Crippen MR) is 118 cm³/mol. The number of rotatable bonds is 6. The summed E-state index contributed by atoms with van der Waals surface area (Å²) in [6.45, 7) is 5.14. The number of carbonyl (C=O) groups excluding carboxylic acids is 1. The van der Waals surface area contributed by atoms with Crippen LogP contribution in [0.25, 0.3) is 6.08 Å². The molecule has 7 heteroatoms. The molecule has 154 valence electrons. The molecule has 0 saturated carbocycles. The predicted octanol–water partition coefficient (Wildman–Crippen LogP) is 4.76. The molecule has 1 heterocycles. The van der Waals surface area contributed by atoms with Crippen molar-refractivity contribution in [2.45, 2.75) is 6.92 Å². The maximum absolute atomic E-state index is 12.6. The summed E-state index contributed by atoms with van der Waals surface area (Å²) in [6, 6.07) is 11.3. The van der Waals surface area contributed by atoms with Crippen LogP contribution < -0.4 is 14.4 Å². The molecule has 0 unspecified atom stereocenters. The number of hydrogen-bond acceptors (Lipinski definition) is 4. The quantitative estimate of drug-likeness (QED) is 0.614. The van der Waals surface area contributed by atoms with Crippen LogP contribution in [0.2, 0.25) is 10.0 Å². The summed E-state index contributed by atoms with van der Waals surface area (Å²) in [5, 5.41) is 1.18. The Kier molecular flexibility index (Phi) is 7.29. The van der Waals surface area contributed by atoms with Crippen molar-refractivity contribution in [1.82, 2.24) is 4.90 Å². The van der Waals surface area contributed by atoms with E-state index < -0.39 is 0 Å². The molecule has 0 aliphatic carbocycles. The van der Waals surface area contributed by atoms with Gasteiger partial charge >= 0.3 is 0 Å². The third kappa shape index (κ3) is 5.17. The molecule has 2 aromatic carbocycles. The molecule has 2 aromatic rings. The number of methoxy groups -OCH3 is 1. The number of halogens is 2. The van der Waals surface area contributed by atoms with E-state index in [0.29, 0.717) is 36.2 Å². The lowest BCUT2D eigenvalue weighted by atomic mass is 10.1. The number of carbonyl (C=O) groups is 1. The zero-order chi connectivity index (χ0) is 20.8. The Morgan fingerprint density at radius 2 is 1.83 bits per heavy atom. The summed E-state index contributed by atoms with van der Waals surface area (Å²) in [5.74, 6) is 1.02. The molecule has 0 atom stereocenters. The maximum Gasteiger partial charge on any atom is 0.246 e. The molecule has 0 aromatic heterocycles. The number of amides is 1. The van der Waals surface area contributed by atoms with Crippen molar-refractivity contribution in [3.63, 3.8) is 0 Å². The van der Waals surface area contributed by atoms with Gasteiger partial charge in [-0.15, -0.1) is 0 Å². The van der Waals surface area contributed by atoms with Crippen molar-refractivity contribution >= 4 is 40.9 Å². The van der Waals surface area contributed by atoms with Crippen molar-refractivity contribution in [3.05, 3.63) is 58.1 Å². The number of hydrogen-bond donors (Lipinski definition) is 0. The molecule has 1 saturated heterocycles. The Morgan fingerprint density at radius 1 is 1.10 bits per heavy atom. The molecule has 1 aliphatic rings. The van der Waals surface area contributed by atoms with E-state index in [0.717, 1.165) is 29.4 Å². The highest BCUT2D eigenvalue weighted by molar-refractivity contribution is 6.33. The van der Waals surface area contributed by atoms with Crippen LogP contribution in [-0.4, -0.2) is 50.7 Å². The second-order valence-electron chi connectivity index (χ2n) is 6.56. The van der Waals surface area contributed by atoms with E-state index in [-0.39, 0.29) is 5.91 Å². The SMILES string of the molecule is CCOc1c(Cl)cc(/C=C/C(=O)N2CCN(c3ccccc3Cl)CC2)cc1OC. The van der Waals surface area contributed by atoms with Gasteiger partial charge in [0, 0.05) is 32.3 Å². The molecule has 0 spiro atoms. The molecule has 0 radical (unpaired) electrons. The highest BCUT2D eigenvalue weighted by Gasteiger charge is 2.21. The fraction of sp³-hybridized carbons (Fsp3) is 0.318. The molecule has 29 heavy (non-hydrogen) atoms. The first-order valence-electron chi connectivity index (χ1n) is 9.50. The second-order valence-corrected chi connectivity index (χ2v) is 7.38. The van der Waals surface area contributed by atoms with Crippen molar-refractivity contribution in [2.75, 3.05) is 44.8 Å². The van der Waals surface area contributed by atoms with Gasteiger partial charge in [-0.25, -0.2) is 0 Å². The van der Waals surface area contributed by atoms with E-state index in [9.17, 15) is 4.79 Å².